The average Bonchev–Trinajstić information content (AvgIpc) is 2.73. The number of hydrogen-bond donors (Lipinski definition) is 2. The molecule has 0 aliphatic carbocycles. The average molecular weight is 452 g/mol. The third-order valence-corrected chi connectivity index (χ3v) is 6.52. The molecule has 0 aromatic heterocycles. The minimum absolute atomic E-state index is 0.0245. The Balaban J connectivity index is 1.59. The first-order valence-electron chi connectivity index (χ1n) is 9.33. The first kappa shape index (κ1) is 21.9. The second-order valence-corrected chi connectivity index (χ2v) is 9.00. The summed E-state index contributed by atoms with van der Waals surface area (Å²) in [5, 5.41) is 0.0752. The minimum Gasteiger partial charge on any atom is -0.482 e. The van der Waals surface area contributed by atoms with Gasteiger partial charge in [-0.2, -0.15) is 0 Å². The number of benzene rings is 2. The molecular weight excluding hydrogens is 430 g/mol. The lowest BCUT2D eigenvalue weighted by molar-refractivity contribution is -0.136. The second-order valence-electron chi connectivity index (χ2n) is 6.91. The molecule has 8 nitrogen and oxygen atoms in total. The molecule has 2 aromatic rings. The number of amides is 2. The Morgan fingerprint density at radius 2 is 1.80 bits per heavy atom. The highest BCUT2D eigenvalue weighted by molar-refractivity contribution is 7.92. The van der Waals surface area contributed by atoms with Crippen LogP contribution in [0.3, 0.4) is 0 Å². The summed E-state index contributed by atoms with van der Waals surface area (Å²) in [6.07, 6.45) is 1.06. The zero-order chi connectivity index (χ0) is 21.7. The van der Waals surface area contributed by atoms with Crippen LogP contribution in [0.1, 0.15) is 12.8 Å². The van der Waals surface area contributed by atoms with Crippen LogP contribution in [0.15, 0.2) is 53.4 Å². The standard InChI is InChI=1S/C20H22ClN3O5S/c21-17-12-16(30(27,28)23-15-4-2-1-3-5-15)6-7-18(17)29-13-19(25)24-10-8-14(9-11-24)20(22)26/h1-7,12,14,23H,8-11,13H2,(H2,22,26). The Kier molecular flexibility index (Phi) is 6.84. The topological polar surface area (TPSA) is 119 Å². The van der Waals surface area contributed by atoms with Crippen LogP contribution in [0.2, 0.25) is 5.02 Å². The summed E-state index contributed by atoms with van der Waals surface area (Å²) in [6, 6.07) is 12.5. The van der Waals surface area contributed by atoms with Crippen molar-refractivity contribution in [2.24, 2.45) is 11.7 Å². The molecule has 3 rings (SSSR count). The lowest BCUT2D eigenvalue weighted by Gasteiger charge is -2.30. The number of likely N-dealkylation sites (tertiary alicyclic amines) is 1. The van der Waals surface area contributed by atoms with Crippen molar-refractivity contribution in [3.05, 3.63) is 53.6 Å². The van der Waals surface area contributed by atoms with Crippen molar-refractivity contribution in [1.29, 1.82) is 0 Å². The molecule has 30 heavy (non-hydrogen) atoms. The van der Waals surface area contributed by atoms with Crippen LogP contribution in [0.4, 0.5) is 5.69 Å². The maximum Gasteiger partial charge on any atom is 0.261 e. The number of rotatable bonds is 7. The van der Waals surface area contributed by atoms with Crippen LogP contribution >= 0.6 is 11.6 Å². The summed E-state index contributed by atoms with van der Waals surface area (Å²) >= 11 is 6.17. The number of primary amides is 1. The van der Waals surface area contributed by atoms with Crippen molar-refractivity contribution in [2.75, 3.05) is 24.4 Å². The van der Waals surface area contributed by atoms with Gasteiger partial charge in [0, 0.05) is 24.7 Å². The van der Waals surface area contributed by atoms with Crippen LogP contribution in [-0.2, 0) is 19.6 Å². The summed E-state index contributed by atoms with van der Waals surface area (Å²) in [5.74, 6) is -0.586. The molecular formula is C20H22ClN3O5S. The number of anilines is 1. The van der Waals surface area contributed by atoms with Gasteiger partial charge < -0.3 is 15.4 Å². The van der Waals surface area contributed by atoms with E-state index in [1.807, 2.05) is 0 Å². The van der Waals surface area contributed by atoms with E-state index in [0.29, 0.717) is 31.6 Å². The number of piperidine rings is 1. The Morgan fingerprint density at radius 1 is 1.13 bits per heavy atom. The largest absolute Gasteiger partial charge is 0.482 e. The summed E-state index contributed by atoms with van der Waals surface area (Å²) in [5.41, 5.74) is 5.73. The molecule has 1 fully saturated rings. The third-order valence-electron chi connectivity index (χ3n) is 4.84. The highest BCUT2D eigenvalue weighted by Gasteiger charge is 2.26. The van der Waals surface area contributed by atoms with E-state index in [2.05, 4.69) is 4.72 Å². The first-order chi connectivity index (χ1) is 14.3. The highest BCUT2D eigenvalue weighted by Crippen LogP contribution is 2.28. The monoisotopic (exact) mass is 451 g/mol. The van der Waals surface area contributed by atoms with Crippen LogP contribution in [0.25, 0.3) is 0 Å². The highest BCUT2D eigenvalue weighted by atomic mass is 35.5. The van der Waals surface area contributed by atoms with Crippen molar-refractivity contribution in [1.82, 2.24) is 4.90 Å². The number of carbonyl (C=O) groups excluding carboxylic acids is 2. The smallest absolute Gasteiger partial charge is 0.261 e. The molecule has 1 aliphatic heterocycles. The van der Waals surface area contributed by atoms with Crippen molar-refractivity contribution in [2.45, 2.75) is 17.7 Å². The van der Waals surface area contributed by atoms with Gasteiger partial charge in [0.05, 0.1) is 9.92 Å². The number of para-hydroxylation sites is 1. The van der Waals surface area contributed by atoms with Crippen LogP contribution in [0, 0.1) is 5.92 Å². The molecule has 0 unspecified atom stereocenters. The van der Waals surface area contributed by atoms with Gasteiger partial charge in [-0.3, -0.25) is 14.3 Å². The molecule has 3 N–H and O–H groups in total. The zero-order valence-corrected chi connectivity index (χ0v) is 17.7. The summed E-state index contributed by atoms with van der Waals surface area (Å²) < 4.78 is 33.0. The van der Waals surface area contributed by atoms with Crippen LogP contribution < -0.4 is 15.2 Å². The number of hydrogen-bond acceptors (Lipinski definition) is 5. The maximum atomic E-state index is 12.5. The van der Waals surface area contributed by atoms with E-state index in [0.717, 1.165) is 0 Å². The normalized spacial score (nSPS) is 14.9. The summed E-state index contributed by atoms with van der Waals surface area (Å²) in [6.45, 7) is 0.632. The summed E-state index contributed by atoms with van der Waals surface area (Å²) in [7, 11) is -3.82. The lowest BCUT2D eigenvalue weighted by Crippen LogP contribution is -2.43. The molecule has 0 radical (unpaired) electrons. The van der Waals surface area contributed by atoms with E-state index in [1.54, 1.807) is 35.2 Å². The summed E-state index contributed by atoms with van der Waals surface area (Å²) in [4.78, 5) is 25.1. The molecule has 0 bridgehead atoms. The van der Waals surface area contributed by atoms with Gasteiger partial charge in [0.25, 0.3) is 15.9 Å². The molecule has 160 valence electrons. The predicted octanol–water partition coefficient (Wildman–Crippen LogP) is 2.24. The van der Waals surface area contributed by atoms with Crippen LogP contribution in [-0.4, -0.2) is 44.8 Å². The Bertz CT molecular complexity index is 1020. The molecule has 0 atom stereocenters. The van der Waals surface area contributed by atoms with Gasteiger partial charge in [-0.25, -0.2) is 8.42 Å². The number of halogens is 1. The third kappa shape index (κ3) is 5.43. The van der Waals surface area contributed by atoms with Gasteiger partial charge in [-0.05, 0) is 43.2 Å². The van der Waals surface area contributed by atoms with Gasteiger partial charge >= 0.3 is 0 Å². The fraction of sp³-hybridized carbons (Fsp3) is 0.300. The molecule has 1 aliphatic rings. The number of sulfonamides is 1. The molecule has 2 aromatic carbocycles. The van der Waals surface area contributed by atoms with E-state index in [-0.39, 0.29) is 40.0 Å². The minimum atomic E-state index is -3.82. The van der Waals surface area contributed by atoms with Crippen molar-refractivity contribution < 1.29 is 22.7 Å². The van der Waals surface area contributed by atoms with Gasteiger partial charge in [0.15, 0.2) is 6.61 Å². The molecule has 0 saturated carbocycles. The van der Waals surface area contributed by atoms with E-state index in [9.17, 15) is 18.0 Å². The molecule has 2 amide bonds. The maximum absolute atomic E-state index is 12.5. The molecule has 10 heteroatoms. The first-order valence-corrected chi connectivity index (χ1v) is 11.2. The zero-order valence-electron chi connectivity index (χ0n) is 16.1. The number of nitrogens with zero attached hydrogens (tertiary/aromatic N) is 1. The Morgan fingerprint density at radius 3 is 2.40 bits per heavy atom. The lowest BCUT2D eigenvalue weighted by atomic mass is 9.96. The van der Waals surface area contributed by atoms with Gasteiger partial charge in [0.1, 0.15) is 5.75 Å². The van der Waals surface area contributed by atoms with Crippen molar-refractivity contribution in [3.63, 3.8) is 0 Å². The molecule has 1 saturated heterocycles. The van der Waals surface area contributed by atoms with Gasteiger partial charge in [0.2, 0.25) is 5.91 Å². The number of carbonyl (C=O) groups is 2. The number of nitrogens with one attached hydrogen (secondary N) is 1. The second kappa shape index (κ2) is 9.36. The van der Waals surface area contributed by atoms with E-state index < -0.39 is 10.0 Å². The van der Waals surface area contributed by atoms with E-state index >= 15 is 0 Å². The Hall–Kier alpha value is -2.78. The van der Waals surface area contributed by atoms with Crippen molar-refractivity contribution >= 4 is 39.1 Å². The Labute approximate surface area is 180 Å². The fourth-order valence-corrected chi connectivity index (χ4v) is 4.51. The quantitative estimate of drug-likeness (QED) is 0.669. The number of nitrogens with two attached hydrogens (primary N) is 1. The van der Waals surface area contributed by atoms with Gasteiger partial charge in [-0.15, -0.1) is 0 Å². The molecule has 1 heterocycles. The van der Waals surface area contributed by atoms with Crippen molar-refractivity contribution in [3.8, 4) is 5.75 Å². The van der Waals surface area contributed by atoms with Crippen LogP contribution in [0.5, 0.6) is 5.75 Å². The number of ether oxygens (including phenoxy) is 1. The predicted molar refractivity (Wildman–Crippen MR) is 113 cm³/mol. The van der Waals surface area contributed by atoms with Gasteiger partial charge in [-0.1, -0.05) is 29.8 Å². The fourth-order valence-electron chi connectivity index (χ4n) is 3.13. The SMILES string of the molecule is NC(=O)C1CCN(C(=O)COc2ccc(S(=O)(=O)Nc3ccccc3)cc2Cl)CC1. The van der Waals surface area contributed by atoms with E-state index in [1.165, 1.54) is 18.2 Å². The van der Waals surface area contributed by atoms with E-state index in [4.69, 9.17) is 22.1 Å². The molecule has 0 spiro atoms.